The second-order valence-corrected chi connectivity index (χ2v) is 5.53. The molecule has 0 aliphatic carbocycles. The highest BCUT2D eigenvalue weighted by molar-refractivity contribution is 7.24. The minimum absolute atomic E-state index is 0. The van der Waals surface area contributed by atoms with E-state index in [-0.39, 0.29) is 23.4 Å². The molecule has 1 heterocycles. The number of halogens is 1. The van der Waals surface area contributed by atoms with Crippen LogP contribution in [0.1, 0.15) is 15.9 Å². The number of rotatable bonds is 1. The van der Waals surface area contributed by atoms with Crippen molar-refractivity contribution in [2.24, 2.45) is 0 Å². The van der Waals surface area contributed by atoms with Crippen molar-refractivity contribution < 1.29 is 9.90 Å². The van der Waals surface area contributed by atoms with Gasteiger partial charge in [-0.1, -0.05) is 11.6 Å². The van der Waals surface area contributed by atoms with E-state index in [0.29, 0.717) is 15.5 Å². The van der Waals surface area contributed by atoms with Crippen LogP contribution in [0.5, 0.6) is 0 Å². The fourth-order valence-corrected chi connectivity index (χ4v) is 3.19. The van der Waals surface area contributed by atoms with Gasteiger partial charge < -0.3 is 5.11 Å². The second kappa shape index (κ2) is 5.23. The van der Waals surface area contributed by atoms with Gasteiger partial charge in [0.2, 0.25) is 0 Å². The Balaban J connectivity index is 0.00000147. The SMILES string of the molecule is Cc1ccc2sc3cc(C(=O)O)ccc3c(=O)c2c1.Cl. The van der Waals surface area contributed by atoms with Crippen LogP contribution in [0, 0.1) is 6.92 Å². The van der Waals surface area contributed by atoms with Gasteiger partial charge in [-0.2, -0.15) is 0 Å². The summed E-state index contributed by atoms with van der Waals surface area (Å²) in [5.74, 6) is -0.981. The average molecular weight is 307 g/mol. The molecule has 3 nitrogen and oxygen atoms in total. The van der Waals surface area contributed by atoms with Crippen LogP contribution in [-0.2, 0) is 0 Å². The molecule has 0 amide bonds. The number of carbonyl (C=O) groups is 1. The zero-order chi connectivity index (χ0) is 13.6. The molecule has 102 valence electrons. The Kier molecular flexibility index (Phi) is 3.79. The van der Waals surface area contributed by atoms with Crippen molar-refractivity contribution in [1.29, 1.82) is 0 Å². The van der Waals surface area contributed by atoms with E-state index in [2.05, 4.69) is 0 Å². The molecule has 0 aliphatic heterocycles. The first-order valence-corrected chi connectivity index (χ1v) is 6.58. The van der Waals surface area contributed by atoms with Crippen LogP contribution in [-0.4, -0.2) is 11.1 Å². The molecule has 2 aromatic carbocycles. The molecule has 0 atom stereocenters. The first kappa shape index (κ1) is 14.5. The Hall–Kier alpha value is -1.91. The summed E-state index contributed by atoms with van der Waals surface area (Å²) in [6, 6.07) is 10.4. The predicted molar refractivity (Wildman–Crippen MR) is 84.5 cm³/mol. The minimum atomic E-state index is -0.981. The third-order valence-corrected chi connectivity index (χ3v) is 4.21. The van der Waals surface area contributed by atoms with Crippen LogP contribution in [0.3, 0.4) is 0 Å². The summed E-state index contributed by atoms with van der Waals surface area (Å²) in [7, 11) is 0. The van der Waals surface area contributed by atoms with Gasteiger partial charge in [-0.05, 0) is 37.3 Å². The highest BCUT2D eigenvalue weighted by Crippen LogP contribution is 2.26. The van der Waals surface area contributed by atoms with Crippen LogP contribution in [0.25, 0.3) is 20.2 Å². The van der Waals surface area contributed by atoms with Gasteiger partial charge in [-0.25, -0.2) is 4.79 Å². The van der Waals surface area contributed by atoms with E-state index in [9.17, 15) is 9.59 Å². The maximum Gasteiger partial charge on any atom is 0.335 e. The van der Waals surface area contributed by atoms with Gasteiger partial charge in [-0.15, -0.1) is 23.7 Å². The van der Waals surface area contributed by atoms with Crippen molar-refractivity contribution in [2.75, 3.05) is 0 Å². The van der Waals surface area contributed by atoms with Crippen molar-refractivity contribution >= 4 is 49.9 Å². The Bertz CT molecular complexity index is 883. The fourth-order valence-electron chi connectivity index (χ4n) is 2.10. The summed E-state index contributed by atoms with van der Waals surface area (Å²) in [6.45, 7) is 1.95. The van der Waals surface area contributed by atoms with Gasteiger partial charge in [0.05, 0.1) is 5.56 Å². The van der Waals surface area contributed by atoms with Crippen LogP contribution in [0.2, 0.25) is 0 Å². The van der Waals surface area contributed by atoms with Crippen molar-refractivity contribution in [3.63, 3.8) is 0 Å². The lowest BCUT2D eigenvalue weighted by molar-refractivity contribution is 0.0697. The molecule has 0 bridgehead atoms. The molecule has 1 N–H and O–H groups in total. The zero-order valence-corrected chi connectivity index (χ0v) is 12.2. The van der Waals surface area contributed by atoms with E-state index >= 15 is 0 Å². The summed E-state index contributed by atoms with van der Waals surface area (Å²) >= 11 is 1.44. The number of fused-ring (bicyclic) bond motifs is 2. The monoisotopic (exact) mass is 306 g/mol. The highest BCUT2D eigenvalue weighted by Gasteiger charge is 2.09. The molecule has 3 aromatic rings. The molecule has 3 rings (SSSR count). The summed E-state index contributed by atoms with van der Waals surface area (Å²) < 4.78 is 1.59. The zero-order valence-electron chi connectivity index (χ0n) is 10.5. The molecular weight excluding hydrogens is 296 g/mol. The lowest BCUT2D eigenvalue weighted by Gasteiger charge is -2.03. The molecule has 5 heteroatoms. The van der Waals surface area contributed by atoms with Gasteiger partial charge >= 0.3 is 5.97 Å². The molecule has 1 aromatic heterocycles. The summed E-state index contributed by atoms with van der Waals surface area (Å²) in [5.41, 5.74) is 1.21. The number of aryl methyl sites for hydroxylation is 1. The lowest BCUT2D eigenvalue weighted by Crippen LogP contribution is -2.03. The van der Waals surface area contributed by atoms with Gasteiger partial charge in [0.15, 0.2) is 5.43 Å². The van der Waals surface area contributed by atoms with E-state index in [1.165, 1.54) is 17.4 Å². The van der Waals surface area contributed by atoms with E-state index in [4.69, 9.17) is 5.11 Å². The normalized spacial score (nSPS) is 10.4. The number of hydrogen-bond acceptors (Lipinski definition) is 3. The maximum absolute atomic E-state index is 12.4. The quantitative estimate of drug-likeness (QED) is 0.695. The third kappa shape index (κ3) is 2.28. The highest BCUT2D eigenvalue weighted by atomic mass is 35.5. The number of carboxylic acids is 1. The third-order valence-electron chi connectivity index (χ3n) is 3.07. The standard InChI is InChI=1S/C15H10O3S.ClH/c1-8-2-5-12-11(6-8)14(16)10-4-3-9(15(17)18)7-13(10)19-12;/h2-7H,1H3,(H,17,18);1H. The van der Waals surface area contributed by atoms with Gasteiger partial charge in [0.25, 0.3) is 0 Å². The molecule has 0 aliphatic rings. The topological polar surface area (TPSA) is 54.4 Å². The van der Waals surface area contributed by atoms with Crippen molar-refractivity contribution in [3.05, 3.63) is 57.7 Å². The summed E-state index contributed by atoms with van der Waals surface area (Å²) in [5, 5.41) is 10.3. The Morgan fingerprint density at radius 1 is 1.05 bits per heavy atom. The molecule has 0 fully saturated rings. The van der Waals surface area contributed by atoms with E-state index in [1.54, 1.807) is 12.1 Å². The summed E-state index contributed by atoms with van der Waals surface area (Å²) in [6.07, 6.45) is 0. The van der Waals surface area contributed by atoms with Crippen LogP contribution in [0.15, 0.2) is 41.2 Å². The first-order chi connectivity index (χ1) is 9.06. The second-order valence-electron chi connectivity index (χ2n) is 4.45. The average Bonchev–Trinajstić information content (AvgIpc) is 2.39. The Labute approximate surface area is 124 Å². The van der Waals surface area contributed by atoms with Crippen molar-refractivity contribution in [1.82, 2.24) is 0 Å². The molecule has 0 radical (unpaired) electrons. The lowest BCUT2D eigenvalue weighted by atomic mass is 10.1. The predicted octanol–water partition coefficient (Wildman–Crippen LogP) is 3.84. The van der Waals surface area contributed by atoms with Crippen LogP contribution >= 0.6 is 23.7 Å². The molecular formula is C15H11ClO3S. The molecule has 20 heavy (non-hydrogen) atoms. The number of carboxylic acid groups (broad SMARTS) is 1. The largest absolute Gasteiger partial charge is 0.478 e. The number of benzene rings is 2. The number of hydrogen-bond donors (Lipinski definition) is 1. The van der Waals surface area contributed by atoms with Crippen LogP contribution < -0.4 is 5.43 Å². The minimum Gasteiger partial charge on any atom is -0.478 e. The van der Waals surface area contributed by atoms with Gasteiger partial charge in [0.1, 0.15) is 0 Å². The van der Waals surface area contributed by atoms with E-state index < -0.39 is 5.97 Å². The molecule has 0 spiro atoms. The van der Waals surface area contributed by atoms with E-state index in [0.717, 1.165) is 10.3 Å². The Morgan fingerprint density at radius 3 is 2.50 bits per heavy atom. The molecule has 0 saturated heterocycles. The van der Waals surface area contributed by atoms with Gasteiger partial charge in [-0.3, -0.25) is 4.79 Å². The molecule has 0 unspecified atom stereocenters. The van der Waals surface area contributed by atoms with E-state index in [1.807, 2.05) is 25.1 Å². The first-order valence-electron chi connectivity index (χ1n) is 5.77. The summed E-state index contributed by atoms with van der Waals surface area (Å²) in [4.78, 5) is 23.3. The maximum atomic E-state index is 12.4. The smallest absolute Gasteiger partial charge is 0.335 e. The fraction of sp³-hybridized carbons (Fsp3) is 0.0667. The van der Waals surface area contributed by atoms with Crippen LogP contribution in [0.4, 0.5) is 0 Å². The molecule has 0 saturated carbocycles. The van der Waals surface area contributed by atoms with Crippen molar-refractivity contribution in [2.45, 2.75) is 6.92 Å². The van der Waals surface area contributed by atoms with Crippen molar-refractivity contribution in [3.8, 4) is 0 Å². The number of aromatic carboxylic acids is 1. The Morgan fingerprint density at radius 2 is 1.80 bits per heavy atom. The van der Waals surface area contributed by atoms with Gasteiger partial charge in [0, 0.05) is 20.2 Å².